The number of thioether (sulfide) groups is 1. The van der Waals surface area contributed by atoms with Crippen molar-refractivity contribution < 1.29 is 4.79 Å². The van der Waals surface area contributed by atoms with Gasteiger partial charge in [-0.25, -0.2) is 0 Å². The molecule has 1 amide bonds. The molecule has 2 aromatic carbocycles. The summed E-state index contributed by atoms with van der Waals surface area (Å²) in [5.74, 6) is -0.0331. The predicted octanol–water partition coefficient (Wildman–Crippen LogP) is 4.24. The number of hydrazone groups is 1. The number of aliphatic imine (C=N–C) groups is 1. The first kappa shape index (κ1) is 16.4. The number of anilines is 1. The van der Waals surface area contributed by atoms with Crippen LogP contribution < -0.4 is 5.01 Å². The summed E-state index contributed by atoms with van der Waals surface area (Å²) in [6, 6.07) is 17.0. The fourth-order valence-corrected chi connectivity index (χ4v) is 4.37. The highest BCUT2D eigenvalue weighted by Gasteiger charge is 2.57. The van der Waals surface area contributed by atoms with Crippen molar-refractivity contribution >= 4 is 45.7 Å². The molecule has 25 heavy (non-hydrogen) atoms. The van der Waals surface area contributed by atoms with Crippen LogP contribution in [0.4, 0.5) is 5.69 Å². The molecule has 2 heterocycles. The molecule has 4 nitrogen and oxygen atoms in total. The third kappa shape index (κ3) is 2.50. The Bertz CT molecular complexity index is 879. The topological polar surface area (TPSA) is 45.0 Å². The highest BCUT2D eigenvalue weighted by molar-refractivity contribution is 8.13. The van der Waals surface area contributed by atoms with E-state index < -0.39 is 5.41 Å². The van der Waals surface area contributed by atoms with E-state index in [0.717, 1.165) is 22.0 Å². The first-order valence-electron chi connectivity index (χ1n) is 8.00. The van der Waals surface area contributed by atoms with Crippen LogP contribution in [-0.4, -0.2) is 29.5 Å². The third-order valence-electron chi connectivity index (χ3n) is 4.58. The highest BCUT2D eigenvalue weighted by Crippen LogP contribution is 2.44. The van der Waals surface area contributed by atoms with Crippen LogP contribution in [0.5, 0.6) is 0 Å². The van der Waals surface area contributed by atoms with Crippen LogP contribution in [0.2, 0.25) is 5.02 Å². The maximum atomic E-state index is 13.4. The molecule has 0 bridgehead atoms. The van der Waals surface area contributed by atoms with Gasteiger partial charge in [-0.1, -0.05) is 41.9 Å². The summed E-state index contributed by atoms with van der Waals surface area (Å²) in [6.45, 7) is 0.636. The number of benzene rings is 2. The summed E-state index contributed by atoms with van der Waals surface area (Å²) in [6.07, 6.45) is 2.61. The van der Waals surface area contributed by atoms with Crippen LogP contribution in [-0.2, 0) is 4.79 Å². The van der Waals surface area contributed by atoms with Gasteiger partial charge in [-0.3, -0.25) is 9.79 Å². The van der Waals surface area contributed by atoms with Crippen molar-refractivity contribution in [3.8, 4) is 0 Å². The lowest BCUT2D eigenvalue weighted by Crippen LogP contribution is -2.43. The monoisotopic (exact) mass is 369 g/mol. The third-order valence-corrected chi connectivity index (χ3v) is 5.70. The lowest BCUT2D eigenvalue weighted by Gasteiger charge is -2.25. The normalized spacial score (nSPS) is 22.5. The second-order valence-corrected chi connectivity index (χ2v) is 7.19. The van der Waals surface area contributed by atoms with Gasteiger partial charge in [-0.15, -0.1) is 11.8 Å². The van der Waals surface area contributed by atoms with E-state index in [1.165, 1.54) is 16.8 Å². The Hall–Kier alpha value is -2.11. The number of nitrogens with zero attached hydrogens (tertiary/aromatic N) is 3. The maximum Gasteiger partial charge on any atom is 0.266 e. The van der Waals surface area contributed by atoms with Crippen LogP contribution in [0.3, 0.4) is 0 Å². The summed E-state index contributed by atoms with van der Waals surface area (Å²) in [5, 5.41) is 7.75. The molecule has 0 saturated carbocycles. The van der Waals surface area contributed by atoms with E-state index >= 15 is 0 Å². The summed E-state index contributed by atoms with van der Waals surface area (Å²) >= 11 is 7.56. The van der Waals surface area contributed by atoms with E-state index in [9.17, 15) is 4.79 Å². The first-order valence-corrected chi connectivity index (χ1v) is 9.60. The second kappa shape index (κ2) is 6.32. The molecule has 0 N–H and O–H groups in total. The van der Waals surface area contributed by atoms with Crippen LogP contribution in [0.25, 0.3) is 0 Å². The van der Waals surface area contributed by atoms with Crippen molar-refractivity contribution in [3.63, 3.8) is 0 Å². The van der Waals surface area contributed by atoms with Crippen molar-refractivity contribution in [2.24, 2.45) is 15.5 Å². The molecule has 0 fully saturated rings. The van der Waals surface area contributed by atoms with E-state index in [1.54, 1.807) is 0 Å². The minimum Gasteiger partial charge on any atom is -0.281 e. The Labute approximate surface area is 155 Å². The lowest BCUT2D eigenvalue weighted by atomic mass is 9.79. The Morgan fingerprint density at radius 3 is 2.52 bits per heavy atom. The maximum absolute atomic E-state index is 13.4. The zero-order chi connectivity index (χ0) is 17.4. The van der Waals surface area contributed by atoms with E-state index in [-0.39, 0.29) is 5.91 Å². The Morgan fingerprint density at radius 1 is 1.12 bits per heavy atom. The number of amides is 1. The molecule has 1 unspecified atom stereocenters. The van der Waals surface area contributed by atoms with Crippen molar-refractivity contribution in [2.45, 2.75) is 6.42 Å². The zero-order valence-corrected chi connectivity index (χ0v) is 15.2. The van der Waals surface area contributed by atoms with Gasteiger partial charge in [0, 0.05) is 11.6 Å². The van der Waals surface area contributed by atoms with Gasteiger partial charge in [-0.05, 0) is 42.5 Å². The molecule has 0 aliphatic carbocycles. The molecule has 1 spiro atoms. The second-order valence-electron chi connectivity index (χ2n) is 5.95. The van der Waals surface area contributed by atoms with Crippen molar-refractivity contribution in [3.05, 3.63) is 65.2 Å². The van der Waals surface area contributed by atoms with Gasteiger partial charge < -0.3 is 0 Å². The first-order chi connectivity index (χ1) is 12.2. The van der Waals surface area contributed by atoms with Crippen LogP contribution in [0.1, 0.15) is 12.0 Å². The number of hydrogen-bond acceptors (Lipinski definition) is 4. The summed E-state index contributed by atoms with van der Waals surface area (Å²) in [5.41, 5.74) is 1.63. The van der Waals surface area contributed by atoms with Gasteiger partial charge in [0.1, 0.15) is 5.41 Å². The molecular formula is C19H16ClN3OS. The SMILES string of the molecule is CSC1=NCCC12C(=O)N(c1ccccc1)N=C2c1ccc(Cl)cc1. The quantitative estimate of drug-likeness (QED) is 0.794. The average molecular weight is 370 g/mol. The summed E-state index contributed by atoms with van der Waals surface area (Å²) in [7, 11) is 0. The molecule has 2 aliphatic rings. The lowest BCUT2D eigenvalue weighted by molar-refractivity contribution is -0.121. The smallest absolute Gasteiger partial charge is 0.266 e. The van der Waals surface area contributed by atoms with Gasteiger partial charge in [0.25, 0.3) is 5.91 Å². The molecule has 4 rings (SSSR count). The standard InChI is InChI=1S/C19H16ClN3OS/c1-25-17-19(11-12-21-17)16(13-7-9-14(20)10-8-13)22-23(18(19)24)15-5-3-2-4-6-15/h2-10H,11-12H2,1H3. The Morgan fingerprint density at radius 2 is 1.84 bits per heavy atom. The molecule has 1 atom stereocenters. The fourth-order valence-electron chi connectivity index (χ4n) is 3.39. The van der Waals surface area contributed by atoms with Crippen molar-refractivity contribution in [2.75, 3.05) is 17.8 Å². The number of hydrogen-bond donors (Lipinski definition) is 0. The number of para-hydroxylation sites is 1. The molecule has 0 saturated heterocycles. The molecule has 0 aromatic heterocycles. The van der Waals surface area contributed by atoms with Crippen LogP contribution >= 0.6 is 23.4 Å². The Balaban J connectivity index is 1.88. The molecule has 0 radical (unpaired) electrons. The van der Waals surface area contributed by atoms with E-state index in [2.05, 4.69) is 4.99 Å². The molecule has 2 aromatic rings. The van der Waals surface area contributed by atoms with Gasteiger partial charge >= 0.3 is 0 Å². The minimum atomic E-state index is -0.789. The zero-order valence-electron chi connectivity index (χ0n) is 13.6. The number of carbonyl (C=O) groups is 1. The van der Waals surface area contributed by atoms with E-state index in [4.69, 9.17) is 16.7 Å². The largest absolute Gasteiger partial charge is 0.281 e. The predicted molar refractivity (Wildman–Crippen MR) is 105 cm³/mol. The van der Waals surface area contributed by atoms with Crippen molar-refractivity contribution in [1.82, 2.24) is 0 Å². The molecule has 6 heteroatoms. The number of rotatable bonds is 2. The Kier molecular flexibility index (Phi) is 4.13. The number of halogens is 1. The van der Waals surface area contributed by atoms with E-state index in [1.807, 2.05) is 60.9 Å². The fraction of sp³-hybridized carbons (Fsp3) is 0.211. The van der Waals surface area contributed by atoms with Gasteiger partial charge in [0.15, 0.2) is 0 Å². The van der Waals surface area contributed by atoms with Crippen molar-refractivity contribution in [1.29, 1.82) is 0 Å². The number of carbonyl (C=O) groups excluding carboxylic acids is 1. The molecule has 2 aliphatic heterocycles. The summed E-state index contributed by atoms with van der Waals surface area (Å²) in [4.78, 5) is 18.0. The summed E-state index contributed by atoms with van der Waals surface area (Å²) < 4.78 is 0. The highest BCUT2D eigenvalue weighted by atomic mass is 35.5. The van der Waals surface area contributed by atoms with Gasteiger partial charge in [-0.2, -0.15) is 10.1 Å². The molecular weight excluding hydrogens is 354 g/mol. The average Bonchev–Trinajstić information content (AvgIpc) is 3.20. The minimum absolute atomic E-state index is 0.0331. The van der Waals surface area contributed by atoms with Crippen LogP contribution in [0, 0.1) is 5.41 Å². The van der Waals surface area contributed by atoms with Crippen LogP contribution in [0.15, 0.2) is 64.7 Å². The van der Waals surface area contributed by atoms with Gasteiger partial charge in [0.05, 0.1) is 16.4 Å². The molecule has 126 valence electrons. The van der Waals surface area contributed by atoms with Gasteiger partial charge in [0.2, 0.25) is 0 Å². The van der Waals surface area contributed by atoms with E-state index in [0.29, 0.717) is 18.0 Å².